The van der Waals surface area contributed by atoms with Crippen molar-refractivity contribution in [3.05, 3.63) is 40.1 Å². The van der Waals surface area contributed by atoms with Gasteiger partial charge in [0.2, 0.25) is 0 Å². The third-order valence-electron chi connectivity index (χ3n) is 3.27. The fourth-order valence-electron chi connectivity index (χ4n) is 2.08. The number of nitrogens with one attached hydrogen (secondary N) is 1. The molecule has 1 fully saturated rings. The lowest BCUT2D eigenvalue weighted by atomic mass is 10.2. The summed E-state index contributed by atoms with van der Waals surface area (Å²) < 4.78 is 2.89. The van der Waals surface area contributed by atoms with Gasteiger partial charge in [-0.05, 0) is 56.0 Å². The molecule has 1 N–H and O–H groups in total. The van der Waals surface area contributed by atoms with Crippen LogP contribution < -0.4 is 5.32 Å². The number of hydrogen-bond donors (Lipinski definition) is 1. The molecule has 100 valence electrons. The Morgan fingerprint density at radius 2 is 2.21 bits per heavy atom. The predicted octanol–water partition coefficient (Wildman–Crippen LogP) is 2.84. The van der Waals surface area contributed by atoms with Crippen molar-refractivity contribution in [3.8, 4) is 5.69 Å². The van der Waals surface area contributed by atoms with Crippen LogP contribution in [-0.2, 0) is 6.54 Å². The fourth-order valence-corrected chi connectivity index (χ4v) is 2.68. The maximum absolute atomic E-state index is 4.20. The van der Waals surface area contributed by atoms with E-state index in [1.165, 1.54) is 18.4 Å². The van der Waals surface area contributed by atoms with E-state index in [4.69, 9.17) is 0 Å². The molecule has 2 aromatic rings. The Hall–Kier alpha value is -1.20. The highest BCUT2D eigenvalue weighted by atomic mass is 79.9. The lowest BCUT2D eigenvalue weighted by Gasteiger charge is -2.03. The molecule has 19 heavy (non-hydrogen) atoms. The lowest BCUT2D eigenvalue weighted by Crippen LogP contribution is -2.16. The molecule has 0 unspecified atom stereocenters. The molecule has 0 radical (unpaired) electrons. The van der Waals surface area contributed by atoms with Crippen molar-refractivity contribution in [3.63, 3.8) is 0 Å². The van der Waals surface area contributed by atoms with E-state index in [1.54, 1.807) is 0 Å². The summed E-state index contributed by atoms with van der Waals surface area (Å²) in [5.74, 6) is 0.891. The van der Waals surface area contributed by atoms with Crippen LogP contribution in [0.25, 0.3) is 5.69 Å². The topological polar surface area (TPSA) is 42.7 Å². The number of halogens is 1. The molecule has 0 saturated heterocycles. The monoisotopic (exact) mass is 320 g/mol. The van der Waals surface area contributed by atoms with E-state index in [-0.39, 0.29) is 0 Å². The fraction of sp³-hybridized carbons (Fsp3) is 0.429. The average Bonchev–Trinajstić information content (AvgIpc) is 3.04. The normalized spacial score (nSPS) is 14.8. The molecule has 0 atom stereocenters. The van der Waals surface area contributed by atoms with Crippen LogP contribution in [0.15, 0.2) is 28.9 Å². The molecule has 0 aliphatic heterocycles. The minimum Gasteiger partial charge on any atom is -0.311 e. The van der Waals surface area contributed by atoms with Gasteiger partial charge in [0.15, 0.2) is 0 Å². The van der Waals surface area contributed by atoms with E-state index in [2.05, 4.69) is 50.6 Å². The summed E-state index contributed by atoms with van der Waals surface area (Å²) in [4.78, 5) is 0. The number of rotatable bonds is 5. The Balaban J connectivity index is 1.68. The molecule has 0 spiro atoms. The van der Waals surface area contributed by atoms with E-state index < -0.39 is 0 Å². The van der Waals surface area contributed by atoms with Crippen molar-refractivity contribution in [2.24, 2.45) is 5.92 Å². The molecule has 1 aromatic heterocycles. The molecule has 0 amide bonds. The first-order valence-corrected chi connectivity index (χ1v) is 7.39. The Morgan fingerprint density at radius 3 is 2.95 bits per heavy atom. The summed E-state index contributed by atoms with van der Waals surface area (Å²) in [7, 11) is 0. The van der Waals surface area contributed by atoms with Gasteiger partial charge in [0.25, 0.3) is 0 Å². The summed E-state index contributed by atoms with van der Waals surface area (Å²) in [6.07, 6.45) is 4.73. The second-order valence-electron chi connectivity index (χ2n) is 5.22. The van der Waals surface area contributed by atoms with Crippen LogP contribution in [0.4, 0.5) is 0 Å². The van der Waals surface area contributed by atoms with Gasteiger partial charge in [0, 0.05) is 11.0 Å². The van der Waals surface area contributed by atoms with Crippen molar-refractivity contribution < 1.29 is 0 Å². The first-order chi connectivity index (χ1) is 9.20. The van der Waals surface area contributed by atoms with Gasteiger partial charge >= 0.3 is 0 Å². The van der Waals surface area contributed by atoms with Gasteiger partial charge in [-0.1, -0.05) is 21.1 Å². The summed E-state index contributed by atoms with van der Waals surface area (Å²) in [6, 6.07) is 6.22. The van der Waals surface area contributed by atoms with Crippen LogP contribution in [0.3, 0.4) is 0 Å². The Morgan fingerprint density at radius 1 is 1.37 bits per heavy atom. The predicted molar refractivity (Wildman–Crippen MR) is 78.2 cm³/mol. The zero-order valence-corrected chi connectivity index (χ0v) is 12.5. The van der Waals surface area contributed by atoms with Gasteiger partial charge in [-0.2, -0.15) is 0 Å². The van der Waals surface area contributed by atoms with E-state index in [9.17, 15) is 0 Å². The second-order valence-corrected chi connectivity index (χ2v) is 6.13. The van der Waals surface area contributed by atoms with Crippen molar-refractivity contribution >= 4 is 15.9 Å². The van der Waals surface area contributed by atoms with Gasteiger partial charge < -0.3 is 5.32 Å². The van der Waals surface area contributed by atoms with Crippen LogP contribution in [0, 0.1) is 12.8 Å². The number of aryl methyl sites for hydroxylation is 1. The van der Waals surface area contributed by atoms with Crippen LogP contribution in [0.5, 0.6) is 0 Å². The van der Waals surface area contributed by atoms with Gasteiger partial charge in [-0.3, -0.25) is 0 Å². The van der Waals surface area contributed by atoms with Gasteiger partial charge in [-0.25, -0.2) is 4.68 Å². The summed E-state index contributed by atoms with van der Waals surface area (Å²) in [5.41, 5.74) is 3.22. The molecular weight excluding hydrogens is 304 g/mol. The standard InChI is InChI=1S/C14H17BrN4/c1-10-4-12(15)6-14(5-10)19-9-13(17-18-19)8-16-7-11-2-3-11/h4-6,9,11,16H,2-3,7-8H2,1H3. The van der Waals surface area contributed by atoms with E-state index in [0.29, 0.717) is 0 Å². The zero-order chi connectivity index (χ0) is 13.2. The smallest absolute Gasteiger partial charge is 0.0969 e. The number of aromatic nitrogens is 3. The maximum atomic E-state index is 4.20. The minimum absolute atomic E-state index is 0.795. The van der Waals surface area contributed by atoms with E-state index in [0.717, 1.165) is 34.9 Å². The third kappa shape index (κ3) is 3.42. The number of benzene rings is 1. The van der Waals surface area contributed by atoms with Gasteiger partial charge in [0.1, 0.15) is 0 Å². The molecule has 1 aromatic carbocycles. The quantitative estimate of drug-likeness (QED) is 0.921. The molecule has 5 heteroatoms. The van der Waals surface area contributed by atoms with Gasteiger partial charge in [0.05, 0.1) is 17.6 Å². The van der Waals surface area contributed by atoms with E-state index >= 15 is 0 Å². The molecule has 1 saturated carbocycles. The highest BCUT2D eigenvalue weighted by Gasteiger charge is 2.20. The van der Waals surface area contributed by atoms with Gasteiger partial charge in [-0.15, -0.1) is 5.10 Å². The van der Waals surface area contributed by atoms with Crippen molar-refractivity contribution in [1.82, 2.24) is 20.3 Å². The highest BCUT2D eigenvalue weighted by Crippen LogP contribution is 2.27. The SMILES string of the molecule is Cc1cc(Br)cc(-n2cc(CNCC3CC3)nn2)c1. The molecule has 4 nitrogen and oxygen atoms in total. The maximum Gasteiger partial charge on any atom is 0.0969 e. The van der Waals surface area contributed by atoms with Crippen molar-refractivity contribution in [1.29, 1.82) is 0 Å². The molecule has 1 heterocycles. The second kappa shape index (κ2) is 5.43. The van der Waals surface area contributed by atoms with Crippen LogP contribution >= 0.6 is 15.9 Å². The Labute approximate surface area is 121 Å². The molecular formula is C14H17BrN4. The largest absolute Gasteiger partial charge is 0.311 e. The van der Waals surface area contributed by atoms with Crippen LogP contribution in [-0.4, -0.2) is 21.5 Å². The number of nitrogens with zero attached hydrogens (tertiary/aromatic N) is 3. The van der Waals surface area contributed by atoms with E-state index in [1.807, 2.05) is 16.9 Å². The molecule has 1 aliphatic rings. The Kier molecular flexibility index (Phi) is 3.66. The first-order valence-electron chi connectivity index (χ1n) is 6.60. The number of hydrogen-bond acceptors (Lipinski definition) is 3. The zero-order valence-electron chi connectivity index (χ0n) is 10.9. The molecule has 1 aliphatic carbocycles. The van der Waals surface area contributed by atoms with Crippen LogP contribution in [0.1, 0.15) is 24.1 Å². The van der Waals surface area contributed by atoms with Crippen molar-refractivity contribution in [2.45, 2.75) is 26.3 Å². The average molecular weight is 321 g/mol. The minimum atomic E-state index is 0.795. The molecule has 3 rings (SSSR count). The molecule has 0 bridgehead atoms. The third-order valence-corrected chi connectivity index (χ3v) is 3.73. The summed E-state index contributed by atoms with van der Waals surface area (Å²) >= 11 is 3.51. The van der Waals surface area contributed by atoms with Crippen molar-refractivity contribution in [2.75, 3.05) is 6.54 Å². The summed E-state index contributed by atoms with van der Waals surface area (Å²) in [5, 5.41) is 11.8. The summed E-state index contributed by atoms with van der Waals surface area (Å²) in [6.45, 7) is 3.97. The highest BCUT2D eigenvalue weighted by molar-refractivity contribution is 9.10. The first kappa shape index (κ1) is 12.8. The lowest BCUT2D eigenvalue weighted by molar-refractivity contribution is 0.628. The Bertz CT molecular complexity index is 554. The van der Waals surface area contributed by atoms with Crippen LogP contribution in [0.2, 0.25) is 0 Å².